The molecule has 1 rings (SSSR count). The predicted octanol–water partition coefficient (Wildman–Crippen LogP) is 1.30. The van der Waals surface area contributed by atoms with Crippen molar-refractivity contribution in [3.8, 4) is 0 Å². The molecule has 1 N–H and O–H groups in total. The topological polar surface area (TPSA) is 47.6 Å². The Morgan fingerprint density at radius 1 is 1.62 bits per heavy atom. The lowest BCUT2D eigenvalue weighted by atomic mass is 10.1. The Morgan fingerprint density at radius 3 is 2.62 bits per heavy atom. The molecule has 1 fully saturated rings. The van der Waals surface area contributed by atoms with Gasteiger partial charge in [-0.2, -0.15) is 0 Å². The van der Waals surface area contributed by atoms with Crippen LogP contribution in [-0.4, -0.2) is 30.9 Å². The summed E-state index contributed by atoms with van der Waals surface area (Å²) in [4.78, 5) is 11.1. The standard InChI is InChI=1S/C9H17NO3/c1-9(2,3)10-8(11)13-6-7-4-5-12-7/h7H,4-6H2,1-3H3,(H,10,11)/t7-/m0/s1. The number of alkyl carbamates (subject to hydrolysis) is 1. The van der Waals surface area contributed by atoms with Crippen LogP contribution in [0.15, 0.2) is 0 Å². The van der Waals surface area contributed by atoms with E-state index < -0.39 is 0 Å². The molecule has 1 heterocycles. The summed E-state index contributed by atoms with van der Waals surface area (Å²) >= 11 is 0. The maximum Gasteiger partial charge on any atom is 0.407 e. The molecule has 0 saturated carbocycles. The van der Waals surface area contributed by atoms with Gasteiger partial charge >= 0.3 is 6.09 Å². The first-order valence-electron chi connectivity index (χ1n) is 4.54. The van der Waals surface area contributed by atoms with Crippen LogP contribution in [0.2, 0.25) is 0 Å². The summed E-state index contributed by atoms with van der Waals surface area (Å²) in [6.07, 6.45) is 0.733. The van der Waals surface area contributed by atoms with Crippen LogP contribution >= 0.6 is 0 Å². The zero-order valence-electron chi connectivity index (χ0n) is 8.42. The van der Waals surface area contributed by atoms with Gasteiger partial charge in [0.2, 0.25) is 0 Å². The van der Waals surface area contributed by atoms with E-state index in [0.717, 1.165) is 13.0 Å². The van der Waals surface area contributed by atoms with Gasteiger partial charge in [-0.15, -0.1) is 0 Å². The van der Waals surface area contributed by atoms with E-state index in [1.54, 1.807) is 0 Å². The third kappa shape index (κ3) is 4.12. The molecule has 4 heteroatoms. The molecule has 1 amide bonds. The Morgan fingerprint density at radius 2 is 2.23 bits per heavy atom. The van der Waals surface area contributed by atoms with Crippen LogP contribution < -0.4 is 5.32 Å². The van der Waals surface area contributed by atoms with Gasteiger partial charge in [0, 0.05) is 18.6 Å². The van der Waals surface area contributed by atoms with Gasteiger partial charge in [-0.3, -0.25) is 0 Å². The summed E-state index contributed by atoms with van der Waals surface area (Å²) in [5.74, 6) is 0. The van der Waals surface area contributed by atoms with Crippen LogP contribution in [0.1, 0.15) is 27.2 Å². The van der Waals surface area contributed by atoms with E-state index in [1.807, 2.05) is 20.8 Å². The predicted molar refractivity (Wildman–Crippen MR) is 48.6 cm³/mol. The third-order valence-electron chi connectivity index (χ3n) is 1.67. The van der Waals surface area contributed by atoms with Crippen LogP contribution in [-0.2, 0) is 9.47 Å². The number of rotatable bonds is 2. The maximum absolute atomic E-state index is 11.1. The van der Waals surface area contributed by atoms with Gasteiger partial charge in [-0.25, -0.2) is 4.79 Å². The summed E-state index contributed by atoms with van der Waals surface area (Å²) in [5.41, 5.74) is -0.239. The average molecular weight is 187 g/mol. The van der Waals surface area contributed by atoms with Crippen LogP contribution in [0.3, 0.4) is 0 Å². The fraction of sp³-hybridized carbons (Fsp3) is 0.889. The number of amides is 1. The van der Waals surface area contributed by atoms with Crippen molar-refractivity contribution < 1.29 is 14.3 Å². The van der Waals surface area contributed by atoms with Crippen molar-refractivity contribution in [3.63, 3.8) is 0 Å². The van der Waals surface area contributed by atoms with Crippen molar-refractivity contribution >= 4 is 6.09 Å². The van der Waals surface area contributed by atoms with Crippen molar-refractivity contribution in [2.24, 2.45) is 0 Å². The number of ether oxygens (including phenoxy) is 2. The SMILES string of the molecule is CC(C)(C)NC(=O)OC[C@@H]1CCO1. The average Bonchev–Trinajstić information content (AvgIpc) is 1.78. The summed E-state index contributed by atoms with van der Waals surface area (Å²) in [5, 5.41) is 2.71. The van der Waals surface area contributed by atoms with E-state index in [-0.39, 0.29) is 17.7 Å². The molecule has 0 aliphatic carbocycles. The number of carbonyl (C=O) groups excluding carboxylic acids is 1. The van der Waals surface area contributed by atoms with Gasteiger partial charge in [0.15, 0.2) is 0 Å². The van der Waals surface area contributed by atoms with Crippen molar-refractivity contribution in [2.75, 3.05) is 13.2 Å². The molecule has 1 aliphatic rings. The highest BCUT2D eigenvalue weighted by atomic mass is 16.6. The summed E-state index contributed by atoms with van der Waals surface area (Å²) < 4.78 is 10.1. The largest absolute Gasteiger partial charge is 0.447 e. The van der Waals surface area contributed by atoms with Gasteiger partial charge in [0.25, 0.3) is 0 Å². The molecule has 0 unspecified atom stereocenters. The monoisotopic (exact) mass is 187 g/mol. The first-order valence-corrected chi connectivity index (χ1v) is 4.54. The second-order valence-electron chi connectivity index (χ2n) is 4.25. The fourth-order valence-electron chi connectivity index (χ4n) is 0.927. The minimum atomic E-state index is -0.372. The van der Waals surface area contributed by atoms with Crippen LogP contribution in [0.5, 0.6) is 0 Å². The molecule has 13 heavy (non-hydrogen) atoms. The molecule has 0 aromatic heterocycles. The van der Waals surface area contributed by atoms with Gasteiger partial charge < -0.3 is 14.8 Å². The lowest BCUT2D eigenvalue weighted by Crippen LogP contribution is -2.42. The van der Waals surface area contributed by atoms with E-state index in [0.29, 0.717) is 6.61 Å². The molecule has 1 aliphatic heterocycles. The fourth-order valence-corrected chi connectivity index (χ4v) is 0.927. The minimum Gasteiger partial charge on any atom is -0.447 e. The van der Waals surface area contributed by atoms with Crippen molar-refractivity contribution in [1.29, 1.82) is 0 Å². The number of hydrogen-bond donors (Lipinski definition) is 1. The zero-order chi connectivity index (χ0) is 9.90. The third-order valence-corrected chi connectivity index (χ3v) is 1.67. The number of carbonyl (C=O) groups is 1. The Kier molecular flexibility index (Phi) is 3.14. The van der Waals surface area contributed by atoms with E-state index in [2.05, 4.69) is 5.32 Å². The Balaban J connectivity index is 2.10. The number of nitrogens with one attached hydrogen (secondary N) is 1. The molecule has 0 bridgehead atoms. The highest BCUT2D eigenvalue weighted by molar-refractivity contribution is 5.68. The highest BCUT2D eigenvalue weighted by Gasteiger charge is 2.21. The molecule has 0 aromatic carbocycles. The highest BCUT2D eigenvalue weighted by Crippen LogP contribution is 2.10. The Bertz CT molecular complexity index is 182. The van der Waals surface area contributed by atoms with Crippen LogP contribution in [0, 0.1) is 0 Å². The molecule has 1 saturated heterocycles. The molecule has 0 spiro atoms. The van der Waals surface area contributed by atoms with E-state index in [9.17, 15) is 4.79 Å². The normalized spacial score (nSPS) is 21.9. The zero-order valence-corrected chi connectivity index (χ0v) is 8.42. The van der Waals surface area contributed by atoms with E-state index in [1.165, 1.54) is 0 Å². The van der Waals surface area contributed by atoms with Crippen LogP contribution in [0.25, 0.3) is 0 Å². The smallest absolute Gasteiger partial charge is 0.407 e. The lowest BCUT2D eigenvalue weighted by molar-refractivity contribution is -0.0800. The maximum atomic E-state index is 11.1. The summed E-state index contributed by atoms with van der Waals surface area (Å²) in [6, 6.07) is 0. The summed E-state index contributed by atoms with van der Waals surface area (Å²) in [7, 11) is 0. The minimum absolute atomic E-state index is 0.116. The van der Waals surface area contributed by atoms with Gasteiger partial charge in [0.05, 0.1) is 6.10 Å². The molecule has 4 nitrogen and oxygen atoms in total. The van der Waals surface area contributed by atoms with Gasteiger partial charge in [-0.05, 0) is 20.8 Å². The second kappa shape index (κ2) is 3.96. The summed E-state index contributed by atoms with van der Waals surface area (Å²) in [6.45, 7) is 6.88. The molecular weight excluding hydrogens is 170 g/mol. The molecule has 1 atom stereocenters. The molecule has 0 radical (unpaired) electrons. The van der Waals surface area contributed by atoms with Gasteiger partial charge in [0.1, 0.15) is 6.61 Å². The Hall–Kier alpha value is -0.770. The van der Waals surface area contributed by atoms with E-state index in [4.69, 9.17) is 9.47 Å². The number of hydrogen-bond acceptors (Lipinski definition) is 3. The van der Waals surface area contributed by atoms with Crippen molar-refractivity contribution in [3.05, 3.63) is 0 Å². The second-order valence-corrected chi connectivity index (χ2v) is 4.25. The lowest BCUT2D eigenvalue weighted by Gasteiger charge is -2.27. The molecule has 76 valence electrons. The molecule has 0 aromatic rings. The van der Waals surface area contributed by atoms with Crippen molar-refractivity contribution in [1.82, 2.24) is 5.32 Å². The molecular formula is C9H17NO3. The van der Waals surface area contributed by atoms with Crippen LogP contribution in [0.4, 0.5) is 4.79 Å². The first-order chi connectivity index (χ1) is 5.97. The quantitative estimate of drug-likeness (QED) is 0.708. The van der Waals surface area contributed by atoms with E-state index >= 15 is 0 Å². The van der Waals surface area contributed by atoms with Crippen molar-refractivity contribution in [2.45, 2.75) is 38.8 Å². The van der Waals surface area contributed by atoms with Gasteiger partial charge in [-0.1, -0.05) is 0 Å². The Labute approximate surface area is 78.6 Å². The first kappa shape index (κ1) is 10.3.